The molecule has 1 saturated carbocycles. The first-order valence-corrected chi connectivity index (χ1v) is 9.67. The monoisotopic (exact) mass is 364 g/mol. The number of rotatable bonds is 6. The van der Waals surface area contributed by atoms with Gasteiger partial charge in [0.2, 0.25) is 11.8 Å². The van der Waals surface area contributed by atoms with Crippen molar-refractivity contribution >= 4 is 45.1 Å². The van der Waals surface area contributed by atoms with E-state index in [2.05, 4.69) is 34.4 Å². The fraction of sp³-hybridized carbons (Fsp3) is 0.500. The zero-order chi connectivity index (χ0) is 17.3. The molecule has 0 radical (unpaired) electrons. The number of fused-ring (bicyclic) bond motifs is 1. The first kappa shape index (κ1) is 17.2. The molecule has 24 heavy (non-hydrogen) atoms. The van der Waals surface area contributed by atoms with Crippen molar-refractivity contribution in [3.05, 3.63) is 16.3 Å². The largest absolute Gasteiger partial charge is 0.352 e. The Hall–Kier alpha value is -1.67. The van der Waals surface area contributed by atoms with Crippen molar-refractivity contribution in [2.24, 2.45) is 0 Å². The maximum atomic E-state index is 12.0. The summed E-state index contributed by atoms with van der Waals surface area (Å²) in [6.07, 6.45) is 2.08. The van der Waals surface area contributed by atoms with E-state index in [0.29, 0.717) is 11.9 Å². The number of aryl methyl sites for hydroxylation is 3. The van der Waals surface area contributed by atoms with E-state index >= 15 is 0 Å². The SMILES string of the molecule is Cc1nc(SCC(=O)NCC(=O)NC2CC2)c2c(C)c(C)sc2n1. The topological polar surface area (TPSA) is 84.0 Å². The molecule has 0 saturated heterocycles. The third-order valence-electron chi connectivity index (χ3n) is 3.84. The number of amides is 2. The summed E-state index contributed by atoms with van der Waals surface area (Å²) in [6, 6.07) is 0.311. The number of carbonyl (C=O) groups excluding carboxylic acids is 2. The van der Waals surface area contributed by atoms with E-state index in [4.69, 9.17) is 0 Å². The third-order valence-corrected chi connectivity index (χ3v) is 5.91. The highest BCUT2D eigenvalue weighted by atomic mass is 32.2. The van der Waals surface area contributed by atoms with E-state index in [0.717, 1.165) is 28.1 Å². The molecule has 3 rings (SSSR count). The minimum absolute atomic E-state index is 0.0324. The number of hydrogen-bond acceptors (Lipinski definition) is 6. The summed E-state index contributed by atoms with van der Waals surface area (Å²) in [5.74, 6) is 0.646. The first-order valence-electron chi connectivity index (χ1n) is 7.87. The maximum Gasteiger partial charge on any atom is 0.239 e. The molecular formula is C16H20N4O2S2. The molecule has 1 aliphatic carbocycles. The van der Waals surface area contributed by atoms with Crippen LogP contribution in [0, 0.1) is 20.8 Å². The zero-order valence-corrected chi connectivity index (χ0v) is 15.6. The Morgan fingerprint density at radius 1 is 1.21 bits per heavy atom. The number of hydrogen-bond donors (Lipinski definition) is 2. The molecule has 2 aromatic heterocycles. The summed E-state index contributed by atoms with van der Waals surface area (Å²) in [5.41, 5.74) is 1.17. The van der Waals surface area contributed by atoms with Crippen LogP contribution in [-0.4, -0.2) is 40.1 Å². The van der Waals surface area contributed by atoms with Gasteiger partial charge in [-0.1, -0.05) is 11.8 Å². The lowest BCUT2D eigenvalue weighted by Gasteiger charge is -2.07. The van der Waals surface area contributed by atoms with Gasteiger partial charge in [-0.2, -0.15) is 0 Å². The number of thiophene rings is 1. The number of carbonyl (C=O) groups is 2. The Morgan fingerprint density at radius 3 is 2.67 bits per heavy atom. The quantitative estimate of drug-likeness (QED) is 0.606. The summed E-state index contributed by atoms with van der Waals surface area (Å²) in [7, 11) is 0. The molecule has 0 aromatic carbocycles. The average molecular weight is 364 g/mol. The van der Waals surface area contributed by atoms with E-state index in [-0.39, 0.29) is 24.1 Å². The van der Waals surface area contributed by atoms with Crippen LogP contribution in [0.4, 0.5) is 0 Å². The van der Waals surface area contributed by atoms with Crippen LogP contribution >= 0.6 is 23.1 Å². The van der Waals surface area contributed by atoms with E-state index in [1.165, 1.54) is 22.2 Å². The van der Waals surface area contributed by atoms with E-state index in [9.17, 15) is 9.59 Å². The molecule has 8 heteroatoms. The van der Waals surface area contributed by atoms with E-state index in [1.807, 2.05) is 6.92 Å². The Kier molecular flexibility index (Phi) is 5.05. The Bertz CT molecular complexity index is 799. The van der Waals surface area contributed by atoms with Gasteiger partial charge in [-0.05, 0) is 39.2 Å². The van der Waals surface area contributed by atoms with Crippen molar-refractivity contribution in [1.29, 1.82) is 0 Å². The third kappa shape index (κ3) is 4.05. The zero-order valence-electron chi connectivity index (χ0n) is 13.9. The second-order valence-corrected chi connectivity index (χ2v) is 8.11. The van der Waals surface area contributed by atoms with Crippen LogP contribution in [0.5, 0.6) is 0 Å². The Labute approximate surface area is 148 Å². The Balaban J connectivity index is 1.60. The van der Waals surface area contributed by atoms with Crippen molar-refractivity contribution < 1.29 is 9.59 Å². The predicted octanol–water partition coefficient (Wildman–Crippen LogP) is 2.10. The second-order valence-electron chi connectivity index (χ2n) is 5.95. The van der Waals surface area contributed by atoms with Crippen LogP contribution in [0.2, 0.25) is 0 Å². The highest BCUT2D eigenvalue weighted by molar-refractivity contribution is 8.00. The van der Waals surface area contributed by atoms with E-state index < -0.39 is 0 Å². The van der Waals surface area contributed by atoms with Crippen LogP contribution in [0.15, 0.2) is 5.03 Å². The molecule has 6 nitrogen and oxygen atoms in total. The molecule has 2 N–H and O–H groups in total. The van der Waals surface area contributed by atoms with Gasteiger partial charge in [0, 0.05) is 16.3 Å². The molecule has 1 aliphatic rings. The van der Waals surface area contributed by atoms with Crippen LogP contribution in [0.25, 0.3) is 10.2 Å². The maximum absolute atomic E-state index is 12.0. The Morgan fingerprint density at radius 2 is 1.96 bits per heavy atom. The summed E-state index contributed by atoms with van der Waals surface area (Å²) in [6.45, 7) is 6.01. The molecular weight excluding hydrogens is 344 g/mol. The lowest BCUT2D eigenvalue weighted by Crippen LogP contribution is -2.38. The van der Waals surface area contributed by atoms with Gasteiger partial charge in [-0.15, -0.1) is 11.3 Å². The smallest absolute Gasteiger partial charge is 0.239 e. The standard InChI is InChI=1S/C16H20N4O2S2/c1-8-9(2)24-16-14(8)15(18-10(3)19-16)23-7-13(22)17-6-12(21)20-11-4-5-11/h11H,4-7H2,1-3H3,(H,17,22)(H,20,21). The van der Waals surface area contributed by atoms with Gasteiger partial charge in [0.15, 0.2) is 0 Å². The van der Waals surface area contributed by atoms with Crippen molar-refractivity contribution in [3.63, 3.8) is 0 Å². The lowest BCUT2D eigenvalue weighted by atomic mass is 10.2. The molecule has 1 fully saturated rings. The fourth-order valence-electron chi connectivity index (χ4n) is 2.29. The average Bonchev–Trinajstić information content (AvgIpc) is 3.28. The molecule has 0 atom stereocenters. The first-order chi connectivity index (χ1) is 11.4. The van der Waals surface area contributed by atoms with Crippen LogP contribution < -0.4 is 10.6 Å². The van der Waals surface area contributed by atoms with Crippen molar-refractivity contribution in [1.82, 2.24) is 20.6 Å². The molecule has 0 spiro atoms. The lowest BCUT2D eigenvalue weighted by molar-refractivity contribution is -0.124. The van der Waals surface area contributed by atoms with E-state index in [1.54, 1.807) is 11.3 Å². The molecule has 0 bridgehead atoms. The summed E-state index contributed by atoms with van der Waals surface area (Å²) in [4.78, 5) is 34.7. The molecule has 2 heterocycles. The van der Waals surface area contributed by atoms with Gasteiger partial charge in [-0.3, -0.25) is 9.59 Å². The molecule has 2 amide bonds. The normalized spacial score (nSPS) is 14.0. The summed E-state index contributed by atoms with van der Waals surface area (Å²) < 4.78 is 0. The number of aromatic nitrogens is 2. The number of nitrogens with zero attached hydrogens (tertiary/aromatic N) is 2. The van der Waals surface area contributed by atoms with Gasteiger partial charge >= 0.3 is 0 Å². The molecule has 0 aliphatic heterocycles. The number of thioether (sulfide) groups is 1. The van der Waals surface area contributed by atoms with Gasteiger partial charge in [0.1, 0.15) is 15.7 Å². The minimum Gasteiger partial charge on any atom is -0.352 e. The van der Waals surface area contributed by atoms with Gasteiger partial charge < -0.3 is 10.6 Å². The van der Waals surface area contributed by atoms with Gasteiger partial charge in [-0.25, -0.2) is 9.97 Å². The van der Waals surface area contributed by atoms with Crippen LogP contribution in [0.3, 0.4) is 0 Å². The molecule has 0 unspecified atom stereocenters. The van der Waals surface area contributed by atoms with Gasteiger partial charge in [0.05, 0.1) is 12.3 Å². The van der Waals surface area contributed by atoms with Crippen LogP contribution in [0.1, 0.15) is 29.1 Å². The molecule has 2 aromatic rings. The highest BCUT2D eigenvalue weighted by Crippen LogP contribution is 2.34. The summed E-state index contributed by atoms with van der Waals surface area (Å²) in [5, 5.41) is 7.37. The highest BCUT2D eigenvalue weighted by Gasteiger charge is 2.23. The van der Waals surface area contributed by atoms with Gasteiger partial charge in [0.25, 0.3) is 0 Å². The van der Waals surface area contributed by atoms with Crippen molar-refractivity contribution in [2.45, 2.75) is 44.7 Å². The predicted molar refractivity (Wildman–Crippen MR) is 96.5 cm³/mol. The number of nitrogens with one attached hydrogen (secondary N) is 2. The van der Waals surface area contributed by atoms with Crippen molar-refractivity contribution in [2.75, 3.05) is 12.3 Å². The minimum atomic E-state index is -0.167. The fourth-order valence-corrected chi connectivity index (χ4v) is 4.39. The summed E-state index contributed by atoms with van der Waals surface area (Å²) >= 11 is 3.04. The second kappa shape index (κ2) is 7.06. The van der Waals surface area contributed by atoms with Crippen LogP contribution in [-0.2, 0) is 9.59 Å². The molecule has 128 valence electrons. The van der Waals surface area contributed by atoms with Crippen molar-refractivity contribution in [3.8, 4) is 0 Å².